The Balaban J connectivity index is 2.48. The number of hydrogen-bond acceptors (Lipinski definition) is 8. The first-order valence-corrected chi connectivity index (χ1v) is 5.72. The van der Waals surface area contributed by atoms with Gasteiger partial charge in [-0.15, -0.1) is 0 Å². The molecule has 0 spiro atoms. The van der Waals surface area contributed by atoms with E-state index in [0.717, 1.165) is 0 Å². The Bertz CT molecular complexity index is 331. The molecule has 19 heavy (non-hydrogen) atoms. The average Bonchev–Trinajstić information content (AvgIpc) is 2.38. The highest BCUT2D eigenvalue weighted by atomic mass is 16.6. The van der Waals surface area contributed by atoms with Gasteiger partial charge in [0.15, 0.2) is 6.29 Å². The number of ether oxygens (including phenoxy) is 2. The van der Waals surface area contributed by atoms with Gasteiger partial charge in [-0.2, -0.15) is 0 Å². The van der Waals surface area contributed by atoms with Crippen LogP contribution in [0.15, 0.2) is 12.2 Å². The molecular formula is C11H18O8. The first-order chi connectivity index (χ1) is 8.88. The minimum Gasteiger partial charge on any atom is -0.459 e. The van der Waals surface area contributed by atoms with E-state index in [4.69, 9.17) is 14.6 Å². The SMILES string of the molecule is C=C(CCO)C(=O)OC[C@H]1O[C@H](O)[C@H](O)[C@@H](O)[C@@H]1O. The summed E-state index contributed by atoms with van der Waals surface area (Å²) in [5.74, 6) is -0.778. The lowest BCUT2D eigenvalue weighted by Crippen LogP contribution is -2.58. The van der Waals surface area contributed by atoms with Crippen LogP contribution in [-0.4, -0.2) is 75.4 Å². The molecule has 0 bridgehead atoms. The highest BCUT2D eigenvalue weighted by Crippen LogP contribution is 2.20. The number of aliphatic hydroxyl groups is 5. The van der Waals surface area contributed by atoms with Gasteiger partial charge in [0.2, 0.25) is 0 Å². The topological polar surface area (TPSA) is 137 Å². The quantitative estimate of drug-likeness (QED) is 0.270. The number of rotatable bonds is 5. The second kappa shape index (κ2) is 6.94. The molecule has 1 saturated heterocycles. The summed E-state index contributed by atoms with van der Waals surface area (Å²) in [6, 6.07) is 0. The van der Waals surface area contributed by atoms with Crippen LogP contribution in [0.2, 0.25) is 0 Å². The summed E-state index contributed by atoms with van der Waals surface area (Å²) in [4.78, 5) is 11.4. The second-order valence-electron chi connectivity index (χ2n) is 4.21. The second-order valence-corrected chi connectivity index (χ2v) is 4.21. The standard InChI is InChI=1S/C11H18O8/c1-5(2-3-12)10(16)18-4-6-7(13)8(14)9(15)11(17)19-6/h6-9,11-15,17H,1-4H2/t6-,7-,8+,9-,11+/m1/s1. The molecule has 0 aromatic rings. The van der Waals surface area contributed by atoms with Crippen molar-refractivity contribution in [3.8, 4) is 0 Å². The van der Waals surface area contributed by atoms with Crippen molar-refractivity contribution in [2.45, 2.75) is 37.1 Å². The van der Waals surface area contributed by atoms with Crippen LogP contribution in [0, 0.1) is 0 Å². The lowest BCUT2D eigenvalue weighted by atomic mass is 9.99. The van der Waals surface area contributed by atoms with Gasteiger partial charge in [0.1, 0.15) is 31.0 Å². The molecule has 0 aromatic carbocycles. The fraction of sp³-hybridized carbons (Fsp3) is 0.727. The van der Waals surface area contributed by atoms with Crippen LogP contribution < -0.4 is 0 Å². The number of aliphatic hydroxyl groups excluding tert-OH is 5. The van der Waals surface area contributed by atoms with E-state index in [2.05, 4.69) is 6.58 Å². The molecule has 0 saturated carbocycles. The van der Waals surface area contributed by atoms with Gasteiger partial charge >= 0.3 is 5.97 Å². The van der Waals surface area contributed by atoms with Crippen molar-refractivity contribution >= 4 is 5.97 Å². The highest BCUT2D eigenvalue weighted by Gasteiger charge is 2.43. The Hall–Kier alpha value is -1.03. The van der Waals surface area contributed by atoms with E-state index in [-0.39, 0.29) is 18.6 Å². The maximum absolute atomic E-state index is 11.4. The number of carbonyl (C=O) groups excluding carboxylic acids is 1. The summed E-state index contributed by atoms with van der Waals surface area (Å²) in [7, 11) is 0. The molecule has 1 heterocycles. The molecule has 1 aliphatic heterocycles. The van der Waals surface area contributed by atoms with Crippen LogP contribution in [0.3, 0.4) is 0 Å². The van der Waals surface area contributed by atoms with E-state index in [1.54, 1.807) is 0 Å². The van der Waals surface area contributed by atoms with Gasteiger partial charge in [0.25, 0.3) is 0 Å². The minimum atomic E-state index is -1.68. The lowest BCUT2D eigenvalue weighted by molar-refractivity contribution is -0.287. The van der Waals surface area contributed by atoms with Crippen LogP contribution in [-0.2, 0) is 14.3 Å². The molecule has 1 aliphatic rings. The van der Waals surface area contributed by atoms with Crippen molar-refractivity contribution < 1.29 is 39.8 Å². The fourth-order valence-electron chi connectivity index (χ4n) is 1.57. The molecule has 1 fully saturated rings. The summed E-state index contributed by atoms with van der Waals surface area (Å²) in [5, 5.41) is 46.1. The molecule has 0 amide bonds. The van der Waals surface area contributed by atoms with Gasteiger partial charge in [0, 0.05) is 18.6 Å². The van der Waals surface area contributed by atoms with E-state index >= 15 is 0 Å². The molecule has 8 nitrogen and oxygen atoms in total. The molecule has 0 aromatic heterocycles. The smallest absolute Gasteiger partial charge is 0.333 e. The first kappa shape index (κ1) is 16.0. The molecule has 0 unspecified atom stereocenters. The van der Waals surface area contributed by atoms with Gasteiger partial charge in [-0.3, -0.25) is 0 Å². The maximum Gasteiger partial charge on any atom is 0.333 e. The zero-order valence-electron chi connectivity index (χ0n) is 10.2. The van der Waals surface area contributed by atoms with Gasteiger partial charge < -0.3 is 35.0 Å². The van der Waals surface area contributed by atoms with Gasteiger partial charge in [-0.25, -0.2) is 4.79 Å². The third-order valence-corrected chi connectivity index (χ3v) is 2.77. The lowest BCUT2D eigenvalue weighted by Gasteiger charge is -2.37. The van der Waals surface area contributed by atoms with Crippen molar-refractivity contribution in [3.63, 3.8) is 0 Å². The van der Waals surface area contributed by atoms with Crippen molar-refractivity contribution in [3.05, 3.63) is 12.2 Å². The summed E-state index contributed by atoms with van der Waals surface area (Å²) in [6.45, 7) is 2.72. The predicted molar refractivity (Wildman–Crippen MR) is 60.7 cm³/mol. The molecule has 0 radical (unpaired) electrons. The largest absolute Gasteiger partial charge is 0.459 e. The molecule has 110 valence electrons. The monoisotopic (exact) mass is 278 g/mol. The van der Waals surface area contributed by atoms with Crippen molar-refractivity contribution in [1.82, 2.24) is 0 Å². The number of carbonyl (C=O) groups is 1. The normalized spacial score (nSPS) is 34.9. The third kappa shape index (κ3) is 3.96. The predicted octanol–water partition coefficient (Wildman–Crippen LogP) is -2.73. The Kier molecular flexibility index (Phi) is 5.85. The summed E-state index contributed by atoms with van der Waals surface area (Å²) in [5.41, 5.74) is 0.0499. The van der Waals surface area contributed by atoms with E-state index in [1.807, 2.05) is 0 Å². The van der Waals surface area contributed by atoms with Crippen molar-refractivity contribution in [2.24, 2.45) is 0 Å². The number of esters is 1. The summed E-state index contributed by atoms with van der Waals surface area (Å²) in [6.07, 6.45) is -7.53. The van der Waals surface area contributed by atoms with Gasteiger partial charge in [0.05, 0.1) is 0 Å². The molecule has 1 rings (SSSR count). The number of hydrogen-bond donors (Lipinski definition) is 5. The highest BCUT2D eigenvalue weighted by molar-refractivity contribution is 5.87. The minimum absolute atomic E-state index is 0.0499. The third-order valence-electron chi connectivity index (χ3n) is 2.77. The Labute approximate surface area is 109 Å². The maximum atomic E-state index is 11.4. The van der Waals surface area contributed by atoms with Crippen molar-refractivity contribution in [1.29, 1.82) is 0 Å². The summed E-state index contributed by atoms with van der Waals surface area (Å²) < 4.78 is 9.57. The first-order valence-electron chi connectivity index (χ1n) is 5.72. The van der Waals surface area contributed by atoms with Gasteiger partial charge in [-0.05, 0) is 0 Å². The van der Waals surface area contributed by atoms with E-state index in [1.165, 1.54) is 0 Å². The molecule has 5 atom stereocenters. The average molecular weight is 278 g/mol. The molecule has 8 heteroatoms. The van der Waals surface area contributed by atoms with Crippen LogP contribution in [0.4, 0.5) is 0 Å². The Morgan fingerprint density at radius 2 is 1.79 bits per heavy atom. The molecular weight excluding hydrogens is 260 g/mol. The van der Waals surface area contributed by atoms with E-state index in [9.17, 15) is 25.2 Å². The van der Waals surface area contributed by atoms with Crippen LogP contribution >= 0.6 is 0 Å². The van der Waals surface area contributed by atoms with Crippen LogP contribution in [0.1, 0.15) is 6.42 Å². The fourth-order valence-corrected chi connectivity index (χ4v) is 1.57. The van der Waals surface area contributed by atoms with Gasteiger partial charge in [-0.1, -0.05) is 6.58 Å². The Morgan fingerprint density at radius 1 is 1.16 bits per heavy atom. The van der Waals surface area contributed by atoms with Crippen molar-refractivity contribution in [2.75, 3.05) is 13.2 Å². The zero-order valence-corrected chi connectivity index (χ0v) is 10.2. The zero-order chi connectivity index (χ0) is 14.6. The summed E-state index contributed by atoms with van der Waals surface area (Å²) >= 11 is 0. The Morgan fingerprint density at radius 3 is 2.37 bits per heavy atom. The molecule has 0 aliphatic carbocycles. The van der Waals surface area contributed by atoms with E-state index < -0.39 is 43.3 Å². The molecule has 5 N–H and O–H groups in total. The van der Waals surface area contributed by atoms with E-state index in [0.29, 0.717) is 0 Å². The van der Waals surface area contributed by atoms with Crippen LogP contribution in [0.5, 0.6) is 0 Å². The van der Waals surface area contributed by atoms with Crippen LogP contribution in [0.25, 0.3) is 0 Å².